The maximum atomic E-state index is 2.76. The predicted octanol–water partition coefficient (Wildman–Crippen LogP) is 4.47. The normalized spacial score (nSPS) is 24.2. The van der Waals surface area contributed by atoms with Crippen molar-refractivity contribution < 1.29 is 0 Å². The fourth-order valence-electron chi connectivity index (χ4n) is 3.00. The standard InChI is InChI=1S/C12H23N.C3H8/c1-2-11-7-9-13(10-8-11)12-5-3-4-6-12;1-3-2/h11-12H,2-10H2,1H3;3H2,1-2H3. The van der Waals surface area contributed by atoms with Crippen LogP contribution in [0.1, 0.15) is 72.1 Å². The molecule has 0 N–H and O–H groups in total. The molecule has 96 valence electrons. The molecule has 1 aliphatic heterocycles. The zero-order valence-electron chi connectivity index (χ0n) is 11.7. The van der Waals surface area contributed by atoms with E-state index < -0.39 is 0 Å². The molecule has 1 aliphatic carbocycles. The van der Waals surface area contributed by atoms with Crippen molar-refractivity contribution in [3.63, 3.8) is 0 Å². The lowest BCUT2D eigenvalue weighted by molar-refractivity contribution is 0.133. The van der Waals surface area contributed by atoms with E-state index >= 15 is 0 Å². The Morgan fingerprint density at radius 3 is 1.81 bits per heavy atom. The van der Waals surface area contributed by atoms with E-state index in [1.165, 1.54) is 64.5 Å². The SMILES string of the molecule is CCC.CCC1CCN(C2CCCC2)CC1. The van der Waals surface area contributed by atoms with Crippen molar-refractivity contribution >= 4 is 0 Å². The second kappa shape index (κ2) is 8.11. The van der Waals surface area contributed by atoms with Crippen molar-refractivity contribution in [1.29, 1.82) is 0 Å². The predicted molar refractivity (Wildman–Crippen MR) is 72.8 cm³/mol. The molecule has 2 aliphatic rings. The first-order chi connectivity index (χ1) is 7.81. The van der Waals surface area contributed by atoms with Gasteiger partial charge in [-0.1, -0.05) is 46.5 Å². The lowest BCUT2D eigenvalue weighted by Gasteiger charge is -2.35. The Morgan fingerprint density at radius 1 is 0.875 bits per heavy atom. The quantitative estimate of drug-likeness (QED) is 0.670. The number of piperidine rings is 1. The summed E-state index contributed by atoms with van der Waals surface area (Å²) in [7, 11) is 0. The van der Waals surface area contributed by atoms with E-state index in [2.05, 4.69) is 25.7 Å². The molecule has 2 fully saturated rings. The smallest absolute Gasteiger partial charge is 0.00952 e. The summed E-state index contributed by atoms with van der Waals surface area (Å²) in [5.41, 5.74) is 0. The third-order valence-electron chi connectivity index (χ3n) is 4.07. The second-order valence-electron chi connectivity index (χ2n) is 5.53. The lowest BCUT2D eigenvalue weighted by atomic mass is 9.93. The minimum atomic E-state index is 0.970. The molecule has 1 heterocycles. The van der Waals surface area contributed by atoms with Gasteiger partial charge in [-0.05, 0) is 44.7 Å². The van der Waals surface area contributed by atoms with Crippen molar-refractivity contribution in [1.82, 2.24) is 4.90 Å². The molecule has 16 heavy (non-hydrogen) atoms. The highest BCUT2D eigenvalue weighted by molar-refractivity contribution is 4.81. The Bertz CT molecular complexity index is 153. The maximum absolute atomic E-state index is 2.76. The Balaban J connectivity index is 0.000000386. The van der Waals surface area contributed by atoms with Crippen molar-refractivity contribution in [2.45, 2.75) is 78.2 Å². The summed E-state index contributed by atoms with van der Waals surface area (Å²) in [6, 6.07) is 0.970. The van der Waals surface area contributed by atoms with Crippen LogP contribution in [0.5, 0.6) is 0 Å². The number of hydrogen-bond acceptors (Lipinski definition) is 1. The summed E-state index contributed by atoms with van der Waals surface area (Å²) in [4.78, 5) is 2.76. The molecule has 0 amide bonds. The fraction of sp³-hybridized carbons (Fsp3) is 1.00. The van der Waals surface area contributed by atoms with E-state index in [1.54, 1.807) is 0 Å². The van der Waals surface area contributed by atoms with Gasteiger partial charge in [0.1, 0.15) is 0 Å². The maximum Gasteiger partial charge on any atom is 0.00952 e. The van der Waals surface area contributed by atoms with E-state index in [0.717, 1.165) is 12.0 Å². The van der Waals surface area contributed by atoms with E-state index in [-0.39, 0.29) is 0 Å². The molecule has 1 heteroatoms. The molecule has 0 atom stereocenters. The van der Waals surface area contributed by atoms with Crippen LogP contribution in [0.2, 0.25) is 0 Å². The highest BCUT2D eigenvalue weighted by atomic mass is 15.2. The zero-order valence-corrected chi connectivity index (χ0v) is 11.7. The second-order valence-corrected chi connectivity index (χ2v) is 5.53. The van der Waals surface area contributed by atoms with Crippen LogP contribution in [0.4, 0.5) is 0 Å². The number of hydrogen-bond donors (Lipinski definition) is 0. The molecule has 1 saturated heterocycles. The van der Waals surface area contributed by atoms with Crippen molar-refractivity contribution in [2.75, 3.05) is 13.1 Å². The third kappa shape index (κ3) is 4.45. The first-order valence-corrected chi connectivity index (χ1v) is 7.55. The van der Waals surface area contributed by atoms with Crippen LogP contribution in [0.15, 0.2) is 0 Å². The van der Waals surface area contributed by atoms with Gasteiger partial charge >= 0.3 is 0 Å². The lowest BCUT2D eigenvalue weighted by Crippen LogP contribution is -2.39. The van der Waals surface area contributed by atoms with Crippen molar-refractivity contribution in [2.24, 2.45) is 5.92 Å². The molecule has 1 saturated carbocycles. The Kier molecular flexibility index (Phi) is 7.11. The molecule has 0 aromatic rings. The number of likely N-dealkylation sites (tertiary alicyclic amines) is 1. The van der Waals surface area contributed by atoms with Gasteiger partial charge in [-0.25, -0.2) is 0 Å². The van der Waals surface area contributed by atoms with Gasteiger partial charge in [0.05, 0.1) is 0 Å². The molecule has 1 nitrogen and oxygen atoms in total. The molecule has 0 unspecified atom stereocenters. The first-order valence-electron chi connectivity index (χ1n) is 7.55. The van der Waals surface area contributed by atoms with Crippen LogP contribution in [0, 0.1) is 5.92 Å². The van der Waals surface area contributed by atoms with Gasteiger partial charge in [0, 0.05) is 6.04 Å². The van der Waals surface area contributed by atoms with Crippen LogP contribution >= 0.6 is 0 Å². The van der Waals surface area contributed by atoms with Gasteiger partial charge in [-0.2, -0.15) is 0 Å². The fourth-order valence-corrected chi connectivity index (χ4v) is 3.00. The van der Waals surface area contributed by atoms with E-state index in [9.17, 15) is 0 Å². The summed E-state index contributed by atoms with van der Waals surface area (Å²) < 4.78 is 0. The van der Waals surface area contributed by atoms with Crippen LogP contribution < -0.4 is 0 Å². The number of rotatable bonds is 2. The molecule has 2 rings (SSSR count). The molecule has 0 spiro atoms. The molecular weight excluding hydrogens is 194 g/mol. The van der Waals surface area contributed by atoms with Crippen LogP contribution in [-0.4, -0.2) is 24.0 Å². The van der Waals surface area contributed by atoms with E-state index in [1.807, 2.05) is 0 Å². The summed E-state index contributed by atoms with van der Waals surface area (Å²) in [5, 5.41) is 0. The van der Waals surface area contributed by atoms with Crippen molar-refractivity contribution in [3.05, 3.63) is 0 Å². The van der Waals surface area contributed by atoms with Gasteiger partial charge in [0.25, 0.3) is 0 Å². The number of nitrogens with zero attached hydrogens (tertiary/aromatic N) is 1. The Morgan fingerprint density at radius 2 is 1.38 bits per heavy atom. The molecule has 0 radical (unpaired) electrons. The topological polar surface area (TPSA) is 3.24 Å². The average Bonchev–Trinajstić information content (AvgIpc) is 2.84. The van der Waals surface area contributed by atoms with Gasteiger partial charge in [-0.3, -0.25) is 0 Å². The summed E-state index contributed by atoms with van der Waals surface area (Å²) in [6.07, 6.45) is 11.5. The summed E-state index contributed by atoms with van der Waals surface area (Å²) in [5.74, 6) is 1.04. The van der Waals surface area contributed by atoms with Gasteiger partial charge in [-0.15, -0.1) is 0 Å². The third-order valence-corrected chi connectivity index (χ3v) is 4.07. The largest absolute Gasteiger partial charge is 0.300 e. The van der Waals surface area contributed by atoms with Crippen LogP contribution in [0.3, 0.4) is 0 Å². The highest BCUT2D eigenvalue weighted by Crippen LogP contribution is 2.28. The van der Waals surface area contributed by atoms with Gasteiger partial charge in [0.15, 0.2) is 0 Å². The zero-order chi connectivity index (χ0) is 11.8. The summed E-state index contributed by atoms with van der Waals surface area (Å²) >= 11 is 0. The monoisotopic (exact) mass is 225 g/mol. The van der Waals surface area contributed by atoms with Gasteiger partial charge in [0.2, 0.25) is 0 Å². The van der Waals surface area contributed by atoms with Crippen LogP contribution in [-0.2, 0) is 0 Å². The summed E-state index contributed by atoms with van der Waals surface area (Å²) in [6.45, 7) is 9.38. The molecule has 0 bridgehead atoms. The van der Waals surface area contributed by atoms with Crippen molar-refractivity contribution in [3.8, 4) is 0 Å². The Hall–Kier alpha value is -0.0400. The minimum absolute atomic E-state index is 0.970. The first kappa shape index (κ1) is 14.0. The molecule has 0 aromatic heterocycles. The van der Waals surface area contributed by atoms with Gasteiger partial charge < -0.3 is 4.90 Å². The molecule has 0 aromatic carbocycles. The van der Waals surface area contributed by atoms with E-state index in [4.69, 9.17) is 0 Å². The highest BCUT2D eigenvalue weighted by Gasteiger charge is 2.26. The molecular formula is C15H31N. The van der Waals surface area contributed by atoms with Crippen LogP contribution in [0.25, 0.3) is 0 Å². The minimum Gasteiger partial charge on any atom is -0.300 e. The average molecular weight is 225 g/mol. The van der Waals surface area contributed by atoms with E-state index in [0.29, 0.717) is 0 Å². The Labute approximate surface area is 103 Å².